The fourth-order valence-electron chi connectivity index (χ4n) is 2.72. The van der Waals surface area contributed by atoms with E-state index in [1.165, 1.54) is 0 Å². The molecule has 1 aliphatic heterocycles. The minimum absolute atomic E-state index is 0.247. The molecule has 1 N–H and O–H groups in total. The van der Waals surface area contributed by atoms with E-state index in [1.807, 2.05) is 24.3 Å². The van der Waals surface area contributed by atoms with E-state index in [0.29, 0.717) is 24.5 Å². The van der Waals surface area contributed by atoms with Crippen LogP contribution in [0.1, 0.15) is 12.0 Å². The number of β-amino-alcohol motifs (C(OH)–C–C–N with tert-alkyl or cyclic N) is 1. The largest absolute Gasteiger partial charge is 0.388 e. The van der Waals surface area contributed by atoms with E-state index in [2.05, 4.69) is 4.90 Å². The van der Waals surface area contributed by atoms with Crippen LogP contribution in [0.25, 0.3) is 0 Å². The second kappa shape index (κ2) is 6.87. The summed E-state index contributed by atoms with van der Waals surface area (Å²) < 4.78 is 10.4. The molecule has 20 heavy (non-hydrogen) atoms. The second-order valence-electron chi connectivity index (χ2n) is 5.42. The van der Waals surface area contributed by atoms with E-state index in [0.717, 1.165) is 18.5 Å². The van der Waals surface area contributed by atoms with Crippen molar-refractivity contribution in [1.82, 2.24) is 4.90 Å². The number of aliphatic hydroxyl groups is 1. The van der Waals surface area contributed by atoms with Gasteiger partial charge in [-0.1, -0.05) is 23.7 Å². The van der Waals surface area contributed by atoms with Gasteiger partial charge in [-0.05, 0) is 24.1 Å². The number of methoxy groups -OCH3 is 2. The van der Waals surface area contributed by atoms with Crippen LogP contribution in [-0.4, -0.2) is 55.8 Å². The van der Waals surface area contributed by atoms with Crippen molar-refractivity contribution >= 4 is 11.6 Å². The summed E-state index contributed by atoms with van der Waals surface area (Å²) in [5.41, 5.74) is 0.369. The second-order valence-corrected chi connectivity index (χ2v) is 5.85. The Morgan fingerprint density at radius 2 is 2.15 bits per heavy atom. The predicted molar refractivity (Wildman–Crippen MR) is 79.0 cm³/mol. The number of benzene rings is 1. The normalized spacial score (nSPS) is 23.6. The molecule has 1 heterocycles. The predicted octanol–water partition coefficient (Wildman–Crippen LogP) is 1.94. The Morgan fingerprint density at radius 3 is 2.80 bits per heavy atom. The van der Waals surface area contributed by atoms with Gasteiger partial charge in [0.1, 0.15) is 0 Å². The lowest BCUT2D eigenvalue weighted by atomic mass is 9.94. The Balaban J connectivity index is 1.93. The van der Waals surface area contributed by atoms with Gasteiger partial charge in [0.15, 0.2) is 6.29 Å². The first kappa shape index (κ1) is 15.7. The van der Waals surface area contributed by atoms with Gasteiger partial charge in [0.2, 0.25) is 0 Å². The molecule has 0 aromatic heterocycles. The van der Waals surface area contributed by atoms with Crippen LogP contribution in [0.15, 0.2) is 24.3 Å². The van der Waals surface area contributed by atoms with Crippen LogP contribution in [0.5, 0.6) is 0 Å². The summed E-state index contributed by atoms with van der Waals surface area (Å²) in [4.78, 5) is 2.17. The fourth-order valence-corrected chi connectivity index (χ4v) is 2.94. The quantitative estimate of drug-likeness (QED) is 0.815. The number of ether oxygens (including phenoxy) is 2. The summed E-state index contributed by atoms with van der Waals surface area (Å²) in [7, 11) is 3.25. The third-order valence-electron chi connectivity index (χ3n) is 3.77. The zero-order chi connectivity index (χ0) is 14.6. The van der Waals surface area contributed by atoms with Crippen molar-refractivity contribution in [2.75, 3.05) is 33.9 Å². The third kappa shape index (κ3) is 4.17. The van der Waals surface area contributed by atoms with Crippen LogP contribution in [0.4, 0.5) is 0 Å². The number of rotatable bonds is 6. The zero-order valence-corrected chi connectivity index (χ0v) is 12.8. The molecule has 2 rings (SSSR count). The molecular formula is C15H22ClNO3. The van der Waals surface area contributed by atoms with E-state index in [-0.39, 0.29) is 6.29 Å². The Labute approximate surface area is 125 Å². The minimum Gasteiger partial charge on any atom is -0.388 e. The molecular weight excluding hydrogens is 278 g/mol. The Hall–Kier alpha value is -0.650. The first-order valence-electron chi connectivity index (χ1n) is 6.79. The van der Waals surface area contributed by atoms with E-state index in [1.54, 1.807) is 14.2 Å². The highest BCUT2D eigenvalue weighted by Gasteiger charge is 2.36. The monoisotopic (exact) mass is 299 g/mol. The average Bonchev–Trinajstić information content (AvgIpc) is 2.77. The molecule has 4 nitrogen and oxygen atoms in total. The first-order chi connectivity index (χ1) is 9.54. The van der Waals surface area contributed by atoms with Crippen molar-refractivity contribution in [2.24, 2.45) is 0 Å². The van der Waals surface area contributed by atoms with Gasteiger partial charge in [-0.15, -0.1) is 0 Å². The molecule has 0 aliphatic carbocycles. The summed E-state index contributed by atoms with van der Waals surface area (Å²) in [6.45, 7) is 2.15. The van der Waals surface area contributed by atoms with Gasteiger partial charge in [0.05, 0.1) is 5.60 Å². The number of hydrogen-bond acceptors (Lipinski definition) is 4. The number of nitrogens with zero attached hydrogens (tertiary/aromatic N) is 1. The summed E-state index contributed by atoms with van der Waals surface area (Å²) in [5, 5.41) is 11.4. The SMILES string of the molecule is COC(CN1CCC(O)(Cc2cccc(Cl)c2)C1)OC. The molecule has 1 aromatic carbocycles. The molecule has 1 unspecified atom stereocenters. The van der Waals surface area contributed by atoms with E-state index in [9.17, 15) is 5.11 Å². The summed E-state index contributed by atoms with van der Waals surface area (Å²) in [6, 6.07) is 7.67. The fraction of sp³-hybridized carbons (Fsp3) is 0.600. The lowest BCUT2D eigenvalue weighted by Crippen LogP contribution is -2.38. The van der Waals surface area contributed by atoms with Crippen molar-refractivity contribution < 1.29 is 14.6 Å². The molecule has 1 aliphatic rings. The van der Waals surface area contributed by atoms with Gasteiger partial charge in [-0.2, -0.15) is 0 Å². The highest BCUT2D eigenvalue weighted by molar-refractivity contribution is 6.30. The smallest absolute Gasteiger partial charge is 0.169 e. The topological polar surface area (TPSA) is 41.9 Å². The van der Waals surface area contributed by atoms with Crippen molar-refractivity contribution in [2.45, 2.75) is 24.7 Å². The third-order valence-corrected chi connectivity index (χ3v) is 4.00. The molecule has 1 saturated heterocycles. The molecule has 0 radical (unpaired) electrons. The summed E-state index contributed by atoms with van der Waals surface area (Å²) in [6.07, 6.45) is 1.12. The Kier molecular flexibility index (Phi) is 5.41. The molecule has 112 valence electrons. The highest BCUT2D eigenvalue weighted by Crippen LogP contribution is 2.26. The standard InChI is InChI=1S/C15H22ClNO3/c1-19-14(20-2)10-17-7-6-15(18,11-17)9-12-4-3-5-13(16)8-12/h3-5,8,14,18H,6-7,9-11H2,1-2H3. The lowest BCUT2D eigenvalue weighted by molar-refractivity contribution is -0.115. The van der Waals surface area contributed by atoms with E-state index >= 15 is 0 Å². The number of hydrogen-bond donors (Lipinski definition) is 1. The molecule has 0 bridgehead atoms. The Bertz CT molecular complexity index is 439. The van der Waals surface area contributed by atoms with Crippen molar-refractivity contribution in [3.05, 3.63) is 34.9 Å². The van der Waals surface area contributed by atoms with Crippen molar-refractivity contribution in [3.63, 3.8) is 0 Å². The zero-order valence-electron chi connectivity index (χ0n) is 12.0. The summed E-state index contributed by atoms with van der Waals surface area (Å²) >= 11 is 5.99. The van der Waals surface area contributed by atoms with Crippen LogP contribution in [0.3, 0.4) is 0 Å². The van der Waals surface area contributed by atoms with Gasteiger partial charge in [0.25, 0.3) is 0 Å². The maximum absolute atomic E-state index is 10.7. The van der Waals surface area contributed by atoms with Crippen LogP contribution >= 0.6 is 11.6 Å². The van der Waals surface area contributed by atoms with Crippen molar-refractivity contribution in [3.8, 4) is 0 Å². The van der Waals surface area contributed by atoms with Crippen molar-refractivity contribution in [1.29, 1.82) is 0 Å². The minimum atomic E-state index is -0.698. The Morgan fingerprint density at radius 1 is 1.40 bits per heavy atom. The maximum atomic E-state index is 10.7. The molecule has 0 amide bonds. The van der Waals surface area contributed by atoms with Crippen LogP contribution in [0.2, 0.25) is 5.02 Å². The van der Waals surface area contributed by atoms with Crippen LogP contribution in [-0.2, 0) is 15.9 Å². The van der Waals surface area contributed by atoms with Crippen LogP contribution < -0.4 is 0 Å². The van der Waals surface area contributed by atoms with Gasteiger partial charge < -0.3 is 14.6 Å². The maximum Gasteiger partial charge on any atom is 0.169 e. The first-order valence-corrected chi connectivity index (χ1v) is 7.17. The molecule has 0 spiro atoms. The van der Waals surface area contributed by atoms with E-state index in [4.69, 9.17) is 21.1 Å². The highest BCUT2D eigenvalue weighted by atomic mass is 35.5. The number of halogens is 1. The van der Waals surface area contributed by atoms with Gasteiger partial charge in [0, 0.05) is 45.3 Å². The average molecular weight is 300 g/mol. The molecule has 1 aromatic rings. The molecule has 1 atom stereocenters. The number of likely N-dealkylation sites (tertiary alicyclic amines) is 1. The molecule has 5 heteroatoms. The van der Waals surface area contributed by atoms with Gasteiger partial charge in [-0.3, -0.25) is 4.90 Å². The molecule has 1 fully saturated rings. The van der Waals surface area contributed by atoms with Crippen LogP contribution in [0, 0.1) is 0 Å². The van der Waals surface area contributed by atoms with E-state index < -0.39 is 5.60 Å². The lowest BCUT2D eigenvalue weighted by Gasteiger charge is -2.25. The van der Waals surface area contributed by atoms with Gasteiger partial charge in [-0.25, -0.2) is 0 Å². The van der Waals surface area contributed by atoms with Gasteiger partial charge >= 0.3 is 0 Å². The summed E-state index contributed by atoms with van der Waals surface area (Å²) in [5.74, 6) is 0. The molecule has 0 saturated carbocycles.